The Kier molecular flexibility index (Phi) is 8.18. The Balaban J connectivity index is 1.74. The molecule has 0 spiro atoms. The third-order valence-corrected chi connectivity index (χ3v) is 4.98. The Morgan fingerprint density at radius 1 is 0.871 bits per heavy atom. The van der Waals surface area contributed by atoms with Crippen molar-refractivity contribution >= 4 is 22.1 Å². The number of methoxy groups -OCH3 is 1. The molecule has 0 saturated carbocycles. The standard InChI is InChI=1S/C24H24BrNO5/c1-3-29-22-12-18(9-10-21(22)30-15-17-7-5-4-6-8-17)16-31-24-20(25)11-19(14-26-27)13-23(24)28-2/h4-14,27H,3,15-16H2,1-2H3/b26-14+. The molecule has 31 heavy (non-hydrogen) atoms. The van der Waals surface area contributed by atoms with E-state index in [1.54, 1.807) is 19.2 Å². The molecule has 0 saturated heterocycles. The average Bonchev–Trinajstić information content (AvgIpc) is 2.78. The van der Waals surface area contributed by atoms with Crippen molar-refractivity contribution in [1.29, 1.82) is 0 Å². The summed E-state index contributed by atoms with van der Waals surface area (Å²) >= 11 is 3.48. The summed E-state index contributed by atoms with van der Waals surface area (Å²) in [6.07, 6.45) is 1.32. The second-order valence-corrected chi connectivity index (χ2v) is 7.41. The highest BCUT2D eigenvalue weighted by atomic mass is 79.9. The van der Waals surface area contributed by atoms with Crippen LogP contribution >= 0.6 is 15.9 Å². The lowest BCUT2D eigenvalue weighted by molar-refractivity contribution is 0.265. The molecular weight excluding hydrogens is 462 g/mol. The van der Waals surface area contributed by atoms with Crippen molar-refractivity contribution in [1.82, 2.24) is 0 Å². The van der Waals surface area contributed by atoms with Gasteiger partial charge in [0.2, 0.25) is 0 Å². The van der Waals surface area contributed by atoms with E-state index in [9.17, 15) is 0 Å². The van der Waals surface area contributed by atoms with Crippen molar-refractivity contribution in [2.45, 2.75) is 20.1 Å². The maximum atomic E-state index is 8.75. The van der Waals surface area contributed by atoms with E-state index in [2.05, 4.69) is 21.1 Å². The zero-order valence-electron chi connectivity index (χ0n) is 17.4. The second kappa shape index (κ2) is 11.3. The third-order valence-electron chi connectivity index (χ3n) is 4.39. The van der Waals surface area contributed by atoms with Crippen LogP contribution in [0.4, 0.5) is 0 Å². The molecule has 0 fully saturated rings. The lowest BCUT2D eigenvalue weighted by Crippen LogP contribution is -2.03. The van der Waals surface area contributed by atoms with Gasteiger partial charge in [0.15, 0.2) is 23.0 Å². The molecule has 3 aromatic carbocycles. The predicted octanol–water partition coefficient (Wildman–Crippen LogP) is 5.82. The van der Waals surface area contributed by atoms with Crippen LogP contribution in [0.3, 0.4) is 0 Å². The van der Waals surface area contributed by atoms with Crippen LogP contribution in [-0.2, 0) is 13.2 Å². The van der Waals surface area contributed by atoms with Gasteiger partial charge in [-0.05, 0) is 58.2 Å². The third kappa shape index (κ3) is 6.15. The molecule has 0 unspecified atom stereocenters. The highest BCUT2D eigenvalue weighted by Crippen LogP contribution is 2.37. The highest BCUT2D eigenvalue weighted by Gasteiger charge is 2.13. The summed E-state index contributed by atoms with van der Waals surface area (Å²) in [6, 6.07) is 19.2. The molecule has 7 heteroatoms. The summed E-state index contributed by atoms with van der Waals surface area (Å²) in [6.45, 7) is 3.23. The van der Waals surface area contributed by atoms with Crippen LogP contribution in [0.15, 0.2) is 70.3 Å². The molecular formula is C24H24BrNO5. The largest absolute Gasteiger partial charge is 0.493 e. The van der Waals surface area contributed by atoms with Crippen molar-refractivity contribution in [3.8, 4) is 23.0 Å². The van der Waals surface area contributed by atoms with Crippen LogP contribution < -0.4 is 18.9 Å². The minimum absolute atomic E-state index is 0.307. The molecule has 0 bridgehead atoms. The first-order valence-corrected chi connectivity index (χ1v) is 10.5. The molecule has 0 aliphatic heterocycles. The maximum absolute atomic E-state index is 8.75. The predicted molar refractivity (Wildman–Crippen MR) is 123 cm³/mol. The topological polar surface area (TPSA) is 69.5 Å². The molecule has 0 radical (unpaired) electrons. The molecule has 0 amide bonds. The van der Waals surface area contributed by atoms with Crippen LogP contribution in [0, 0.1) is 0 Å². The fraction of sp³-hybridized carbons (Fsp3) is 0.208. The second-order valence-electron chi connectivity index (χ2n) is 6.56. The van der Waals surface area contributed by atoms with Crippen molar-refractivity contribution in [3.05, 3.63) is 81.8 Å². The van der Waals surface area contributed by atoms with E-state index >= 15 is 0 Å². The summed E-state index contributed by atoms with van der Waals surface area (Å²) in [4.78, 5) is 0. The molecule has 6 nitrogen and oxygen atoms in total. The van der Waals surface area contributed by atoms with Gasteiger partial charge in [0, 0.05) is 5.56 Å². The number of benzene rings is 3. The summed E-state index contributed by atoms with van der Waals surface area (Å²) in [5, 5.41) is 11.8. The fourth-order valence-corrected chi connectivity index (χ4v) is 3.52. The quantitative estimate of drug-likeness (QED) is 0.222. The summed E-state index contributed by atoms with van der Waals surface area (Å²) in [7, 11) is 1.56. The average molecular weight is 486 g/mol. The van der Waals surface area contributed by atoms with E-state index in [1.165, 1.54) is 6.21 Å². The summed E-state index contributed by atoms with van der Waals surface area (Å²) < 4.78 is 23.8. The summed E-state index contributed by atoms with van der Waals surface area (Å²) in [5.41, 5.74) is 2.69. The Bertz CT molecular complexity index is 1020. The monoisotopic (exact) mass is 485 g/mol. The van der Waals surface area contributed by atoms with Gasteiger partial charge in [-0.2, -0.15) is 0 Å². The first-order chi connectivity index (χ1) is 15.1. The van der Waals surface area contributed by atoms with Crippen molar-refractivity contribution < 1.29 is 24.2 Å². The normalized spacial score (nSPS) is 10.8. The SMILES string of the molecule is CCOc1cc(COc2c(Br)cc(/C=N/O)cc2OC)ccc1OCc1ccccc1. The van der Waals surface area contributed by atoms with Gasteiger partial charge in [-0.25, -0.2) is 0 Å². The van der Waals surface area contributed by atoms with E-state index in [0.717, 1.165) is 11.1 Å². The minimum atomic E-state index is 0.307. The van der Waals surface area contributed by atoms with Gasteiger partial charge in [-0.3, -0.25) is 0 Å². The lowest BCUT2D eigenvalue weighted by Gasteiger charge is -2.16. The molecule has 0 aromatic heterocycles. The maximum Gasteiger partial charge on any atom is 0.175 e. The van der Waals surface area contributed by atoms with E-state index in [0.29, 0.717) is 52.9 Å². The van der Waals surface area contributed by atoms with Gasteiger partial charge >= 0.3 is 0 Å². The van der Waals surface area contributed by atoms with Crippen LogP contribution in [-0.4, -0.2) is 25.1 Å². The van der Waals surface area contributed by atoms with E-state index in [-0.39, 0.29) is 0 Å². The number of hydrogen-bond donors (Lipinski definition) is 1. The molecule has 162 valence electrons. The van der Waals surface area contributed by atoms with Crippen LogP contribution in [0.5, 0.6) is 23.0 Å². The van der Waals surface area contributed by atoms with Gasteiger partial charge in [0.25, 0.3) is 0 Å². The van der Waals surface area contributed by atoms with Crippen LogP contribution in [0.25, 0.3) is 0 Å². The molecule has 3 aromatic rings. The van der Waals surface area contributed by atoms with E-state index in [1.807, 2.05) is 55.5 Å². The summed E-state index contributed by atoms with van der Waals surface area (Å²) in [5.74, 6) is 2.43. The van der Waals surface area contributed by atoms with Gasteiger partial charge in [-0.15, -0.1) is 0 Å². The van der Waals surface area contributed by atoms with Gasteiger partial charge in [0.1, 0.15) is 13.2 Å². The van der Waals surface area contributed by atoms with Crippen molar-refractivity contribution in [2.24, 2.45) is 5.16 Å². The molecule has 0 atom stereocenters. The Labute approximate surface area is 190 Å². The Morgan fingerprint density at radius 2 is 1.65 bits per heavy atom. The molecule has 1 N–H and O–H groups in total. The first kappa shape index (κ1) is 22.5. The minimum Gasteiger partial charge on any atom is -0.493 e. The number of ether oxygens (including phenoxy) is 4. The molecule has 3 rings (SSSR count). The van der Waals surface area contributed by atoms with Crippen LogP contribution in [0.2, 0.25) is 0 Å². The number of hydrogen-bond acceptors (Lipinski definition) is 6. The molecule has 0 heterocycles. The molecule has 0 aliphatic carbocycles. The van der Waals surface area contributed by atoms with E-state index in [4.69, 9.17) is 24.2 Å². The van der Waals surface area contributed by atoms with Crippen molar-refractivity contribution in [3.63, 3.8) is 0 Å². The zero-order valence-corrected chi connectivity index (χ0v) is 19.0. The van der Waals surface area contributed by atoms with Gasteiger partial charge < -0.3 is 24.2 Å². The first-order valence-electron chi connectivity index (χ1n) is 9.74. The van der Waals surface area contributed by atoms with Crippen molar-refractivity contribution in [2.75, 3.05) is 13.7 Å². The Morgan fingerprint density at radius 3 is 2.35 bits per heavy atom. The lowest BCUT2D eigenvalue weighted by atomic mass is 10.2. The van der Waals surface area contributed by atoms with Gasteiger partial charge in [0.05, 0.1) is 24.4 Å². The number of rotatable bonds is 10. The number of oxime groups is 1. The van der Waals surface area contributed by atoms with E-state index < -0.39 is 0 Å². The van der Waals surface area contributed by atoms with Gasteiger partial charge in [-0.1, -0.05) is 41.6 Å². The zero-order chi connectivity index (χ0) is 22.1. The fourth-order valence-electron chi connectivity index (χ4n) is 2.94. The number of halogens is 1. The smallest absolute Gasteiger partial charge is 0.175 e. The molecule has 0 aliphatic rings. The highest BCUT2D eigenvalue weighted by molar-refractivity contribution is 9.10. The Hall–Kier alpha value is -3.19. The number of nitrogens with zero attached hydrogens (tertiary/aromatic N) is 1. The van der Waals surface area contributed by atoms with Crippen LogP contribution in [0.1, 0.15) is 23.6 Å².